The molecular weight excluding hydrogens is 450 g/mol. The fraction of sp³-hybridized carbons (Fsp3) is 0.368. The Labute approximate surface area is 164 Å². The van der Waals surface area contributed by atoms with E-state index in [2.05, 4.69) is 31.9 Å². The van der Waals surface area contributed by atoms with Crippen LogP contribution in [-0.4, -0.2) is 16.1 Å². The standard InChI is InChI=1S/C19H21Br2NO3/c1-19(2,3)25-18(24)14-6-4-13(5-7-14)10-11-22-16(12-20)15(21)8-9-17(22)23/h4-9H,10-12H2,1-3H3. The molecule has 2 rings (SSSR count). The third-order valence-electron chi connectivity index (χ3n) is 3.58. The highest BCUT2D eigenvalue weighted by Crippen LogP contribution is 2.18. The Kier molecular flexibility index (Phi) is 6.63. The predicted octanol–water partition coefficient (Wildman–Crippen LogP) is 4.70. The summed E-state index contributed by atoms with van der Waals surface area (Å²) in [6.45, 7) is 6.11. The molecule has 0 amide bonds. The third-order valence-corrected chi connectivity index (χ3v) is 4.83. The van der Waals surface area contributed by atoms with Crippen LogP contribution in [0.2, 0.25) is 0 Å². The average Bonchev–Trinajstić information content (AvgIpc) is 2.54. The highest BCUT2D eigenvalue weighted by molar-refractivity contribution is 9.10. The van der Waals surface area contributed by atoms with Gasteiger partial charge in [-0.3, -0.25) is 4.79 Å². The van der Waals surface area contributed by atoms with Crippen LogP contribution in [0.5, 0.6) is 0 Å². The van der Waals surface area contributed by atoms with E-state index in [0.717, 1.165) is 15.7 Å². The van der Waals surface area contributed by atoms with E-state index in [1.165, 1.54) is 0 Å². The molecule has 134 valence electrons. The molecule has 0 fully saturated rings. The van der Waals surface area contributed by atoms with E-state index in [-0.39, 0.29) is 11.5 Å². The molecule has 6 heteroatoms. The second kappa shape index (κ2) is 8.32. The predicted molar refractivity (Wildman–Crippen MR) is 106 cm³/mol. The van der Waals surface area contributed by atoms with E-state index in [1.54, 1.807) is 28.8 Å². The van der Waals surface area contributed by atoms with Gasteiger partial charge in [0.1, 0.15) is 5.60 Å². The Hall–Kier alpha value is -1.40. The zero-order valence-corrected chi connectivity index (χ0v) is 17.7. The minimum absolute atomic E-state index is 0.0250. The molecule has 4 nitrogen and oxygen atoms in total. The van der Waals surface area contributed by atoms with Gasteiger partial charge in [0.2, 0.25) is 0 Å². The Bertz CT molecular complexity index is 805. The van der Waals surface area contributed by atoms with Gasteiger partial charge in [0.15, 0.2) is 0 Å². The van der Waals surface area contributed by atoms with E-state index >= 15 is 0 Å². The summed E-state index contributed by atoms with van der Waals surface area (Å²) in [4.78, 5) is 24.1. The minimum Gasteiger partial charge on any atom is -0.456 e. The molecule has 0 aliphatic heterocycles. The summed E-state index contributed by atoms with van der Waals surface area (Å²) >= 11 is 6.90. The molecule has 0 saturated carbocycles. The third kappa shape index (κ3) is 5.54. The summed E-state index contributed by atoms with van der Waals surface area (Å²) in [5.41, 5.74) is 1.96. The summed E-state index contributed by atoms with van der Waals surface area (Å²) in [5, 5.41) is 0.598. The first-order valence-corrected chi connectivity index (χ1v) is 9.89. The lowest BCUT2D eigenvalue weighted by Crippen LogP contribution is -2.24. The number of rotatable bonds is 5. The van der Waals surface area contributed by atoms with E-state index in [9.17, 15) is 9.59 Å². The van der Waals surface area contributed by atoms with Gasteiger partial charge in [-0.25, -0.2) is 4.79 Å². The van der Waals surface area contributed by atoms with Gasteiger partial charge in [-0.1, -0.05) is 28.1 Å². The Morgan fingerprint density at radius 1 is 1.12 bits per heavy atom. The van der Waals surface area contributed by atoms with Crippen molar-refractivity contribution in [3.63, 3.8) is 0 Å². The molecule has 0 N–H and O–H groups in total. The molecule has 2 aromatic rings. The van der Waals surface area contributed by atoms with Crippen LogP contribution < -0.4 is 5.56 Å². The molecule has 0 aliphatic rings. The first kappa shape index (κ1) is 19.9. The van der Waals surface area contributed by atoms with E-state index < -0.39 is 5.60 Å². The number of carbonyl (C=O) groups excluding carboxylic acids is 1. The van der Waals surface area contributed by atoms with Gasteiger partial charge in [0.05, 0.1) is 5.56 Å². The average molecular weight is 471 g/mol. The number of aryl methyl sites for hydroxylation is 1. The van der Waals surface area contributed by atoms with Crippen LogP contribution in [0.25, 0.3) is 0 Å². The van der Waals surface area contributed by atoms with Crippen LogP contribution in [0.1, 0.15) is 42.4 Å². The van der Waals surface area contributed by atoms with Crippen molar-refractivity contribution in [3.8, 4) is 0 Å². The maximum absolute atomic E-state index is 12.1. The molecule has 0 aliphatic carbocycles. The van der Waals surface area contributed by atoms with Crippen molar-refractivity contribution in [3.05, 3.63) is 68.0 Å². The molecule has 0 radical (unpaired) electrons. The van der Waals surface area contributed by atoms with Gasteiger partial charge in [0.25, 0.3) is 5.56 Å². The summed E-state index contributed by atoms with van der Waals surface area (Å²) in [5.74, 6) is -0.330. The van der Waals surface area contributed by atoms with Crippen molar-refractivity contribution in [1.29, 1.82) is 0 Å². The normalized spacial score (nSPS) is 11.4. The summed E-state index contributed by atoms with van der Waals surface area (Å²) in [7, 11) is 0. The fourth-order valence-electron chi connectivity index (χ4n) is 2.36. The fourth-order valence-corrected chi connectivity index (χ4v) is 3.83. The number of hydrogen-bond acceptors (Lipinski definition) is 3. The zero-order valence-electron chi connectivity index (χ0n) is 14.5. The second-order valence-electron chi connectivity index (χ2n) is 6.70. The molecule has 0 saturated heterocycles. The summed E-state index contributed by atoms with van der Waals surface area (Å²) < 4.78 is 8.01. The van der Waals surface area contributed by atoms with Crippen LogP contribution in [-0.2, 0) is 23.0 Å². The maximum atomic E-state index is 12.1. The van der Waals surface area contributed by atoms with Crippen LogP contribution in [0.4, 0.5) is 0 Å². The van der Waals surface area contributed by atoms with Gasteiger partial charge in [-0.05, 0) is 66.9 Å². The molecule has 1 aromatic heterocycles. The van der Waals surface area contributed by atoms with Crippen LogP contribution >= 0.6 is 31.9 Å². The molecule has 25 heavy (non-hydrogen) atoms. The number of pyridine rings is 1. The number of aromatic nitrogens is 1. The molecule has 0 spiro atoms. The zero-order chi connectivity index (χ0) is 18.6. The number of esters is 1. The summed E-state index contributed by atoms with van der Waals surface area (Å²) in [6, 6.07) is 10.6. The van der Waals surface area contributed by atoms with Crippen molar-refractivity contribution in [2.24, 2.45) is 0 Å². The lowest BCUT2D eigenvalue weighted by Gasteiger charge is -2.19. The smallest absolute Gasteiger partial charge is 0.338 e. The van der Waals surface area contributed by atoms with Crippen molar-refractivity contribution >= 4 is 37.8 Å². The van der Waals surface area contributed by atoms with Gasteiger partial charge in [-0.15, -0.1) is 0 Å². The number of carbonyl (C=O) groups is 1. The largest absolute Gasteiger partial charge is 0.456 e. The first-order valence-electron chi connectivity index (χ1n) is 7.98. The quantitative estimate of drug-likeness (QED) is 0.469. The van der Waals surface area contributed by atoms with E-state index in [4.69, 9.17) is 4.74 Å². The number of nitrogens with zero attached hydrogens (tertiary/aromatic N) is 1. The number of ether oxygens (including phenoxy) is 1. The molecule has 0 atom stereocenters. The number of hydrogen-bond donors (Lipinski definition) is 0. The van der Waals surface area contributed by atoms with Crippen LogP contribution in [0.15, 0.2) is 45.7 Å². The maximum Gasteiger partial charge on any atom is 0.338 e. The SMILES string of the molecule is CC(C)(C)OC(=O)c1ccc(CCn2c(CBr)c(Br)ccc2=O)cc1. The Balaban J connectivity index is 2.10. The number of alkyl halides is 1. The highest BCUT2D eigenvalue weighted by atomic mass is 79.9. The number of benzene rings is 1. The van der Waals surface area contributed by atoms with E-state index in [1.807, 2.05) is 32.9 Å². The van der Waals surface area contributed by atoms with Crippen molar-refractivity contribution < 1.29 is 9.53 Å². The minimum atomic E-state index is -0.510. The van der Waals surface area contributed by atoms with Crippen molar-refractivity contribution in [2.45, 2.75) is 44.7 Å². The van der Waals surface area contributed by atoms with Crippen LogP contribution in [0, 0.1) is 0 Å². The first-order chi connectivity index (χ1) is 11.7. The lowest BCUT2D eigenvalue weighted by atomic mass is 10.1. The Morgan fingerprint density at radius 3 is 2.32 bits per heavy atom. The van der Waals surface area contributed by atoms with Gasteiger partial charge in [-0.2, -0.15) is 0 Å². The van der Waals surface area contributed by atoms with Crippen molar-refractivity contribution in [2.75, 3.05) is 0 Å². The van der Waals surface area contributed by atoms with Crippen molar-refractivity contribution in [1.82, 2.24) is 4.57 Å². The number of halogens is 2. The van der Waals surface area contributed by atoms with Gasteiger partial charge in [0, 0.05) is 28.1 Å². The molecule has 0 bridgehead atoms. The van der Waals surface area contributed by atoms with Crippen LogP contribution in [0.3, 0.4) is 0 Å². The second-order valence-corrected chi connectivity index (χ2v) is 8.12. The van der Waals surface area contributed by atoms with Gasteiger partial charge < -0.3 is 9.30 Å². The molecule has 1 heterocycles. The highest BCUT2D eigenvalue weighted by Gasteiger charge is 2.17. The van der Waals surface area contributed by atoms with Gasteiger partial charge >= 0.3 is 5.97 Å². The van der Waals surface area contributed by atoms with E-state index in [0.29, 0.717) is 23.9 Å². The lowest BCUT2D eigenvalue weighted by molar-refractivity contribution is 0.00695. The topological polar surface area (TPSA) is 48.3 Å². The summed E-state index contributed by atoms with van der Waals surface area (Å²) in [6.07, 6.45) is 0.699. The molecule has 1 aromatic carbocycles. The molecular formula is C19H21Br2NO3. The molecule has 0 unspecified atom stereocenters. The monoisotopic (exact) mass is 469 g/mol. The Morgan fingerprint density at radius 2 is 1.76 bits per heavy atom.